The highest BCUT2D eigenvalue weighted by Gasteiger charge is 2.49. The number of carbonyl (C=O) groups excluding carboxylic acids is 2. The highest BCUT2D eigenvalue weighted by molar-refractivity contribution is 6.04. The van der Waals surface area contributed by atoms with Crippen LogP contribution in [0.15, 0.2) is 72.8 Å². The summed E-state index contributed by atoms with van der Waals surface area (Å²) in [5.74, 6) is -0.785. The van der Waals surface area contributed by atoms with Crippen molar-refractivity contribution >= 4 is 17.4 Å². The van der Waals surface area contributed by atoms with Gasteiger partial charge in [0.15, 0.2) is 5.78 Å². The van der Waals surface area contributed by atoms with Crippen LogP contribution in [-0.2, 0) is 17.3 Å². The molecule has 3 nitrogen and oxygen atoms in total. The lowest BCUT2D eigenvalue weighted by atomic mass is 9.83. The Morgan fingerprint density at radius 3 is 1.39 bits per heavy atom. The van der Waals surface area contributed by atoms with E-state index in [4.69, 9.17) is 0 Å². The number of anilines is 1. The van der Waals surface area contributed by atoms with E-state index >= 15 is 0 Å². The predicted molar refractivity (Wildman–Crippen MR) is 133 cm³/mol. The molecule has 0 aromatic heterocycles. The number of nitrogens with one attached hydrogen (secondary N) is 1. The molecule has 0 bridgehead atoms. The Morgan fingerprint density at radius 1 is 0.605 bits per heavy atom. The second-order valence-corrected chi connectivity index (χ2v) is 10.2. The minimum absolute atomic E-state index is 0.00664. The van der Waals surface area contributed by atoms with E-state index in [1.807, 2.05) is 0 Å². The van der Waals surface area contributed by atoms with Crippen molar-refractivity contribution in [1.29, 1.82) is 0 Å². The first-order valence-corrected chi connectivity index (χ1v) is 11.7. The highest BCUT2D eigenvalue weighted by atomic mass is 19.4. The van der Waals surface area contributed by atoms with Gasteiger partial charge in [-0.3, -0.25) is 9.59 Å². The topological polar surface area (TPSA) is 46.2 Å². The molecule has 202 valence electrons. The van der Waals surface area contributed by atoms with Crippen LogP contribution in [0.4, 0.5) is 32.0 Å². The summed E-state index contributed by atoms with van der Waals surface area (Å²) >= 11 is 0. The number of carbonyl (C=O) groups is 2. The number of alkyl halides is 6. The van der Waals surface area contributed by atoms with Gasteiger partial charge in [0, 0.05) is 23.2 Å². The standard InChI is InChI=1S/C29H27F6NO2/c1-26(2,28(30,31)32)21-11-7-19(8-12-21)24(37)17-18-5-15-23(16-6-18)36-25(38)20-9-13-22(14-10-20)27(3,4)29(33,34)35/h5-16H,17H2,1-4H3,(H,36,38). The molecule has 0 aliphatic rings. The molecule has 0 atom stereocenters. The van der Waals surface area contributed by atoms with E-state index in [-0.39, 0.29) is 34.5 Å². The zero-order valence-corrected chi connectivity index (χ0v) is 21.2. The first-order valence-electron chi connectivity index (χ1n) is 11.7. The molecule has 0 fully saturated rings. The van der Waals surface area contributed by atoms with Crippen molar-refractivity contribution in [3.63, 3.8) is 0 Å². The molecule has 0 saturated heterocycles. The van der Waals surface area contributed by atoms with Crippen LogP contribution in [0.5, 0.6) is 0 Å². The molecular weight excluding hydrogens is 508 g/mol. The van der Waals surface area contributed by atoms with Crippen molar-refractivity contribution in [2.75, 3.05) is 5.32 Å². The molecular formula is C29H27F6NO2. The van der Waals surface area contributed by atoms with Crippen LogP contribution in [0.25, 0.3) is 0 Å². The summed E-state index contributed by atoms with van der Waals surface area (Å²) in [5.41, 5.74) is -2.50. The third-order valence-corrected chi connectivity index (χ3v) is 6.79. The molecule has 1 N–H and O–H groups in total. The first-order chi connectivity index (χ1) is 17.4. The van der Waals surface area contributed by atoms with E-state index in [0.717, 1.165) is 27.7 Å². The number of amides is 1. The molecule has 3 aromatic carbocycles. The Hall–Kier alpha value is -3.62. The fraction of sp³-hybridized carbons (Fsp3) is 0.310. The van der Waals surface area contributed by atoms with Crippen molar-refractivity contribution in [3.8, 4) is 0 Å². The number of hydrogen-bond donors (Lipinski definition) is 1. The zero-order valence-electron chi connectivity index (χ0n) is 21.2. The summed E-state index contributed by atoms with van der Waals surface area (Å²) in [6.07, 6.45) is -8.86. The Morgan fingerprint density at radius 2 is 1.00 bits per heavy atom. The SMILES string of the molecule is CC(C)(c1ccc(C(=O)Cc2ccc(NC(=O)c3ccc(C(C)(C)C(F)(F)F)cc3)cc2)cc1)C(F)(F)F. The van der Waals surface area contributed by atoms with Gasteiger partial charge in [-0.15, -0.1) is 0 Å². The molecule has 38 heavy (non-hydrogen) atoms. The highest BCUT2D eigenvalue weighted by Crippen LogP contribution is 2.41. The zero-order chi connectivity index (χ0) is 28.5. The van der Waals surface area contributed by atoms with Gasteiger partial charge in [-0.1, -0.05) is 48.5 Å². The molecule has 3 rings (SSSR count). The van der Waals surface area contributed by atoms with E-state index in [1.54, 1.807) is 24.3 Å². The number of halogens is 6. The summed E-state index contributed by atoms with van der Waals surface area (Å²) in [4.78, 5) is 25.1. The molecule has 0 unspecified atom stereocenters. The smallest absolute Gasteiger partial charge is 0.322 e. The molecule has 0 aliphatic carbocycles. The first kappa shape index (κ1) is 28.9. The van der Waals surface area contributed by atoms with Gasteiger partial charge in [-0.05, 0) is 68.7 Å². The lowest BCUT2D eigenvalue weighted by Crippen LogP contribution is -2.36. The summed E-state index contributed by atoms with van der Waals surface area (Å²) in [6.45, 7) is 4.29. The quantitative estimate of drug-likeness (QED) is 0.246. The Balaban J connectivity index is 1.63. The minimum Gasteiger partial charge on any atom is -0.322 e. The Kier molecular flexibility index (Phi) is 7.82. The van der Waals surface area contributed by atoms with Crippen LogP contribution in [-0.4, -0.2) is 24.0 Å². The number of benzene rings is 3. The lowest BCUT2D eigenvalue weighted by molar-refractivity contribution is -0.180. The normalized spacial score (nSPS) is 12.8. The van der Waals surface area contributed by atoms with Gasteiger partial charge in [0.25, 0.3) is 5.91 Å². The van der Waals surface area contributed by atoms with Crippen LogP contribution in [0.1, 0.15) is 65.1 Å². The Bertz CT molecular complexity index is 1180. The second kappa shape index (κ2) is 10.3. The van der Waals surface area contributed by atoms with Crippen molar-refractivity contribution in [2.45, 2.75) is 57.3 Å². The fourth-order valence-electron chi connectivity index (χ4n) is 3.64. The third-order valence-electron chi connectivity index (χ3n) is 6.79. The van der Waals surface area contributed by atoms with Crippen molar-refractivity contribution in [2.24, 2.45) is 0 Å². The molecule has 3 aromatic rings. The number of ketones is 1. The van der Waals surface area contributed by atoms with E-state index < -0.39 is 29.1 Å². The molecule has 1 amide bonds. The fourth-order valence-corrected chi connectivity index (χ4v) is 3.64. The van der Waals surface area contributed by atoms with Crippen molar-refractivity contribution < 1.29 is 35.9 Å². The second-order valence-electron chi connectivity index (χ2n) is 10.2. The van der Waals surface area contributed by atoms with Crippen LogP contribution < -0.4 is 5.32 Å². The van der Waals surface area contributed by atoms with E-state index in [2.05, 4.69) is 5.32 Å². The van der Waals surface area contributed by atoms with Gasteiger partial charge in [-0.25, -0.2) is 0 Å². The number of Topliss-reactive ketones (excluding diaryl/α,β-unsaturated/α-hetero) is 1. The molecule has 0 heterocycles. The van der Waals surface area contributed by atoms with Gasteiger partial charge < -0.3 is 5.32 Å². The minimum atomic E-state index is -4.44. The van der Waals surface area contributed by atoms with Crippen LogP contribution in [0, 0.1) is 0 Å². The molecule has 0 spiro atoms. The predicted octanol–water partition coefficient (Wildman–Crippen LogP) is 8.04. The summed E-state index contributed by atoms with van der Waals surface area (Å²) in [6, 6.07) is 17.0. The van der Waals surface area contributed by atoms with Crippen LogP contribution in [0.2, 0.25) is 0 Å². The van der Waals surface area contributed by atoms with Crippen molar-refractivity contribution in [1.82, 2.24) is 0 Å². The Labute approximate surface area is 216 Å². The number of rotatable bonds is 7. The van der Waals surface area contributed by atoms with E-state index in [1.165, 1.54) is 48.5 Å². The third kappa shape index (κ3) is 6.09. The van der Waals surface area contributed by atoms with Crippen LogP contribution in [0.3, 0.4) is 0 Å². The van der Waals surface area contributed by atoms with Gasteiger partial charge >= 0.3 is 12.4 Å². The van der Waals surface area contributed by atoms with Crippen molar-refractivity contribution in [3.05, 3.63) is 101 Å². The maximum atomic E-state index is 13.2. The van der Waals surface area contributed by atoms with E-state index in [0.29, 0.717) is 11.3 Å². The average Bonchev–Trinajstić information content (AvgIpc) is 2.84. The van der Waals surface area contributed by atoms with Gasteiger partial charge in [0.1, 0.15) is 0 Å². The average molecular weight is 536 g/mol. The molecule has 9 heteroatoms. The summed E-state index contributed by atoms with van der Waals surface area (Å²) in [7, 11) is 0. The largest absolute Gasteiger partial charge is 0.397 e. The maximum Gasteiger partial charge on any atom is 0.397 e. The summed E-state index contributed by atoms with van der Waals surface area (Å²) < 4.78 is 79.4. The molecule has 0 aliphatic heterocycles. The maximum absolute atomic E-state index is 13.2. The van der Waals surface area contributed by atoms with Gasteiger partial charge in [0.05, 0.1) is 10.8 Å². The molecule has 0 radical (unpaired) electrons. The van der Waals surface area contributed by atoms with E-state index in [9.17, 15) is 35.9 Å². The van der Waals surface area contributed by atoms with Gasteiger partial charge in [-0.2, -0.15) is 26.3 Å². The van der Waals surface area contributed by atoms with Crippen LogP contribution >= 0.6 is 0 Å². The monoisotopic (exact) mass is 535 g/mol. The summed E-state index contributed by atoms with van der Waals surface area (Å²) in [5, 5.41) is 2.65. The number of hydrogen-bond acceptors (Lipinski definition) is 2. The molecule has 0 saturated carbocycles. The lowest BCUT2D eigenvalue weighted by Gasteiger charge is -2.28. The van der Waals surface area contributed by atoms with Gasteiger partial charge in [0.2, 0.25) is 0 Å².